The zero-order chi connectivity index (χ0) is 12.4. The van der Waals surface area contributed by atoms with Crippen LogP contribution in [0.5, 0.6) is 0 Å². The van der Waals surface area contributed by atoms with Crippen molar-refractivity contribution in [2.75, 3.05) is 13.1 Å². The predicted octanol–water partition coefficient (Wildman–Crippen LogP) is 2.07. The Morgan fingerprint density at radius 1 is 1.44 bits per heavy atom. The van der Waals surface area contributed by atoms with Gasteiger partial charge in [-0.3, -0.25) is 9.58 Å². The molecule has 1 aliphatic rings. The van der Waals surface area contributed by atoms with Crippen molar-refractivity contribution < 1.29 is 0 Å². The molecule has 0 bridgehead atoms. The zero-order valence-electron chi connectivity index (χ0n) is 11.8. The molecule has 2 atom stereocenters. The molecule has 2 unspecified atom stereocenters. The molecule has 0 aromatic carbocycles. The van der Waals surface area contributed by atoms with Crippen LogP contribution in [0, 0.1) is 0 Å². The summed E-state index contributed by atoms with van der Waals surface area (Å²) in [6.45, 7) is 12.1. The molecule has 4 nitrogen and oxygen atoms in total. The van der Waals surface area contributed by atoms with Crippen LogP contribution < -0.4 is 5.32 Å². The van der Waals surface area contributed by atoms with Gasteiger partial charge >= 0.3 is 0 Å². The van der Waals surface area contributed by atoms with E-state index in [4.69, 9.17) is 0 Å². The van der Waals surface area contributed by atoms with Gasteiger partial charge in [-0.25, -0.2) is 0 Å². The van der Waals surface area contributed by atoms with Crippen molar-refractivity contribution >= 4 is 12.4 Å². The lowest BCUT2D eigenvalue weighted by atomic mass is 10.1. The maximum absolute atomic E-state index is 4.40. The minimum atomic E-state index is 0. The number of nitrogens with one attached hydrogen (secondary N) is 1. The Balaban J connectivity index is 0.00000162. The van der Waals surface area contributed by atoms with Gasteiger partial charge in [0.05, 0.1) is 5.69 Å². The fraction of sp³-hybridized carbons (Fsp3) is 0.769. The second-order valence-corrected chi connectivity index (χ2v) is 5.31. The van der Waals surface area contributed by atoms with Gasteiger partial charge in [-0.1, -0.05) is 0 Å². The molecule has 2 rings (SSSR count). The third kappa shape index (κ3) is 3.25. The molecule has 1 saturated heterocycles. The summed E-state index contributed by atoms with van der Waals surface area (Å²) in [4.78, 5) is 2.54. The third-order valence-electron chi connectivity index (χ3n) is 3.77. The molecule has 1 aliphatic heterocycles. The average Bonchev–Trinajstić information content (AvgIpc) is 2.73. The van der Waals surface area contributed by atoms with E-state index in [1.807, 2.05) is 6.20 Å². The van der Waals surface area contributed by atoms with E-state index in [1.54, 1.807) is 0 Å². The lowest BCUT2D eigenvalue weighted by Crippen LogP contribution is -2.54. The fourth-order valence-electron chi connectivity index (χ4n) is 2.49. The van der Waals surface area contributed by atoms with Crippen molar-refractivity contribution in [3.05, 3.63) is 18.0 Å². The first kappa shape index (κ1) is 15.5. The largest absolute Gasteiger partial charge is 0.311 e. The molecular weight excluding hydrogens is 248 g/mol. The summed E-state index contributed by atoms with van der Waals surface area (Å²) in [7, 11) is 0. The Morgan fingerprint density at radius 2 is 2.17 bits per heavy atom. The van der Waals surface area contributed by atoms with Crippen LogP contribution in [0.25, 0.3) is 0 Å². The molecule has 1 aromatic rings. The summed E-state index contributed by atoms with van der Waals surface area (Å²) in [6.07, 6.45) is 1.91. The maximum atomic E-state index is 4.40. The van der Waals surface area contributed by atoms with Gasteiger partial charge in [0.25, 0.3) is 0 Å². The van der Waals surface area contributed by atoms with Gasteiger partial charge in [-0.15, -0.1) is 12.4 Å². The molecule has 0 amide bonds. The van der Waals surface area contributed by atoms with E-state index in [0.29, 0.717) is 18.1 Å². The minimum Gasteiger partial charge on any atom is -0.311 e. The van der Waals surface area contributed by atoms with Crippen molar-refractivity contribution in [1.82, 2.24) is 20.0 Å². The smallest absolute Gasteiger partial charge is 0.0527 e. The molecule has 104 valence electrons. The van der Waals surface area contributed by atoms with Crippen LogP contribution in [-0.4, -0.2) is 39.9 Å². The van der Waals surface area contributed by atoms with Gasteiger partial charge in [-0.05, 0) is 33.8 Å². The van der Waals surface area contributed by atoms with Crippen LogP contribution >= 0.6 is 12.4 Å². The number of halogens is 1. The van der Waals surface area contributed by atoms with Crippen LogP contribution in [0.2, 0.25) is 0 Å². The Hall–Kier alpha value is -0.580. The van der Waals surface area contributed by atoms with Crippen molar-refractivity contribution in [1.29, 1.82) is 0 Å². The molecule has 18 heavy (non-hydrogen) atoms. The van der Waals surface area contributed by atoms with E-state index in [2.05, 4.69) is 53.8 Å². The SMILES string of the molecule is CC1NCCN(Cc2ccnn2C(C)C)C1C.Cl. The average molecular weight is 273 g/mol. The van der Waals surface area contributed by atoms with E-state index < -0.39 is 0 Å². The van der Waals surface area contributed by atoms with E-state index in [-0.39, 0.29) is 12.4 Å². The molecule has 2 heterocycles. The third-order valence-corrected chi connectivity index (χ3v) is 3.77. The molecule has 1 fully saturated rings. The molecule has 1 aromatic heterocycles. The first-order valence-corrected chi connectivity index (χ1v) is 6.59. The van der Waals surface area contributed by atoms with Crippen molar-refractivity contribution in [2.24, 2.45) is 0 Å². The first-order valence-electron chi connectivity index (χ1n) is 6.59. The molecule has 1 N–H and O–H groups in total. The topological polar surface area (TPSA) is 33.1 Å². The highest BCUT2D eigenvalue weighted by Crippen LogP contribution is 2.15. The minimum absolute atomic E-state index is 0. The Bertz CT molecular complexity index is 364. The lowest BCUT2D eigenvalue weighted by molar-refractivity contribution is 0.126. The summed E-state index contributed by atoms with van der Waals surface area (Å²) in [5.41, 5.74) is 1.32. The number of piperazine rings is 1. The van der Waals surface area contributed by atoms with Gasteiger partial charge < -0.3 is 5.32 Å². The van der Waals surface area contributed by atoms with Crippen LogP contribution in [0.15, 0.2) is 12.3 Å². The maximum Gasteiger partial charge on any atom is 0.0527 e. The number of rotatable bonds is 3. The standard InChI is InChI=1S/C13H24N4.ClH/c1-10(2)17-13(5-6-15-17)9-16-8-7-14-11(3)12(16)4;/h5-6,10-12,14H,7-9H2,1-4H3;1H. The van der Waals surface area contributed by atoms with Crippen LogP contribution in [0.1, 0.15) is 39.4 Å². The van der Waals surface area contributed by atoms with Gasteiger partial charge in [0.1, 0.15) is 0 Å². The van der Waals surface area contributed by atoms with Crippen molar-refractivity contribution in [2.45, 2.75) is 52.4 Å². The Morgan fingerprint density at radius 3 is 2.83 bits per heavy atom. The van der Waals surface area contributed by atoms with E-state index in [1.165, 1.54) is 5.69 Å². The lowest BCUT2D eigenvalue weighted by Gasteiger charge is -2.38. The highest BCUT2D eigenvalue weighted by molar-refractivity contribution is 5.85. The van der Waals surface area contributed by atoms with Crippen molar-refractivity contribution in [3.63, 3.8) is 0 Å². The molecule has 0 aliphatic carbocycles. The summed E-state index contributed by atoms with van der Waals surface area (Å²) in [5.74, 6) is 0. The zero-order valence-corrected chi connectivity index (χ0v) is 12.6. The number of nitrogens with zero attached hydrogens (tertiary/aromatic N) is 3. The molecule has 0 saturated carbocycles. The summed E-state index contributed by atoms with van der Waals surface area (Å²) >= 11 is 0. The fourth-order valence-corrected chi connectivity index (χ4v) is 2.49. The number of hydrogen-bond donors (Lipinski definition) is 1. The number of aromatic nitrogens is 2. The van der Waals surface area contributed by atoms with E-state index >= 15 is 0 Å². The molecule has 5 heteroatoms. The molecule has 0 spiro atoms. The number of hydrogen-bond acceptors (Lipinski definition) is 3. The second-order valence-electron chi connectivity index (χ2n) is 5.31. The predicted molar refractivity (Wildman–Crippen MR) is 77.2 cm³/mol. The summed E-state index contributed by atoms with van der Waals surface area (Å²) < 4.78 is 2.12. The van der Waals surface area contributed by atoms with Crippen LogP contribution in [-0.2, 0) is 6.54 Å². The monoisotopic (exact) mass is 272 g/mol. The Labute approximate surface area is 116 Å². The first-order chi connectivity index (χ1) is 8.09. The highest BCUT2D eigenvalue weighted by Gasteiger charge is 2.25. The Kier molecular flexibility index (Phi) is 5.63. The van der Waals surface area contributed by atoms with Gasteiger partial charge in [-0.2, -0.15) is 5.10 Å². The summed E-state index contributed by atoms with van der Waals surface area (Å²) in [6, 6.07) is 3.73. The van der Waals surface area contributed by atoms with Gasteiger partial charge in [0, 0.05) is 44.0 Å². The molecule has 0 radical (unpaired) electrons. The highest BCUT2D eigenvalue weighted by atomic mass is 35.5. The van der Waals surface area contributed by atoms with Gasteiger partial charge in [0.15, 0.2) is 0 Å². The van der Waals surface area contributed by atoms with Crippen molar-refractivity contribution in [3.8, 4) is 0 Å². The summed E-state index contributed by atoms with van der Waals surface area (Å²) in [5, 5.41) is 7.91. The van der Waals surface area contributed by atoms with Crippen LogP contribution in [0.3, 0.4) is 0 Å². The van der Waals surface area contributed by atoms with Gasteiger partial charge in [0.2, 0.25) is 0 Å². The van der Waals surface area contributed by atoms with E-state index in [0.717, 1.165) is 19.6 Å². The normalized spacial score (nSPS) is 25.2. The van der Waals surface area contributed by atoms with Crippen LogP contribution in [0.4, 0.5) is 0 Å². The second kappa shape index (κ2) is 6.55. The molecular formula is C13H25ClN4. The quantitative estimate of drug-likeness (QED) is 0.915. The van der Waals surface area contributed by atoms with E-state index in [9.17, 15) is 0 Å².